The molecule has 0 radical (unpaired) electrons. The fourth-order valence-corrected chi connectivity index (χ4v) is 5.35. The lowest BCUT2D eigenvalue weighted by Crippen LogP contribution is -2.40. The highest BCUT2D eigenvalue weighted by Gasteiger charge is 2.37. The van der Waals surface area contributed by atoms with E-state index in [-0.39, 0.29) is 32.5 Å². The number of nitrogens with one attached hydrogen (secondary N) is 1. The zero-order chi connectivity index (χ0) is 27.4. The minimum atomic E-state index is -4.00. The van der Waals surface area contributed by atoms with Gasteiger partial charge in [0.2, 0.25) is 0 Å². The lowest BCUT2D eigenvalue weighted by Gasteiger charge is -2.27. The molecule has 38 heavy (non-hydrogen) atoms. The average molecular weight is 532 g/mol. The second kappa shape index (κ2) is 8.74. The standard InChI is InChI=1S/C25H16N4O8S/c1-14-3-2-4-16(9-14)26-38(36,37)20-7-5-17(6-8-20)27-24(30)21-12-18(28(32)33)10-15-11-19(29(34)35)13-22(23(15)21)25(27)31/h2-13,26H,1H3. The van der Waals surface area contributed by atoms with Crippen LogP contribution in [-0.2, 0) is 10.0 Å². The van der Waals surface area contributed by atoms with E-state index >= 15 is 0 Å². The Labute approximate surface area is 214 Å². The monoisotopic (exact) mass is 532 g/mol. The van der Waals surface area contributed by atoms with E-state index < -0.39 is 43.1 Å². The molecule has 12 nitrogen and oxygen atoms in total. The van der Waals surface area contributed by atoms with Gasteiger partial charge in [-0.15, -0.1) is 0 Å². The van der Waals surface area contributed by atoms with Crippen LogP contribution in [0.15, 0.2) is 77.7 Å². The van der Waals surface area contributed by atoms with Crippen LogP contribution in [0.25, 0.3) is 10.8 Å². The van der Waals surface area contributed by atoms with Crippen LogP contribution >= 0.6 is 0 Å². The molecular weight excluding hydrogens is 516 g/mol. The van der Waals surface area contributed by atoms with Crippen molar-refractivity contribution in [3.05, 3.63) is 110 Å². The molecule has 4 aromatic rings. The number of rotatable bonds is 6. The summed E-state index contributed by atoms with van der Waals surface area (Å²) in [6.45, 7) is 1.81. The van der Waals surface area contributed by atoms with Gasteiger partial charge >= 0.3 is 0 Å². The fraction of sp³-hybridized carbons (Fsp3) is 0.0400. The van der Waals surface area contributed by atoms with E-state index in [1.165, 1.54) is 24.3 Å². The highest BCUT2D eigenvalue weighted by molar-refractivity contribution is 7.92. The molecule has 0 aromatic heterocycles. The Hall–Kier alpha value is -5.17. The van der Waals surface area contributed by atoms with Crippen LogP contribution in [-0.4, -0.2) is 30.1 Å². The van der Waals surface area contributed by atoms with Crippen LogP contribution in [0.3, 0.4) is 0 Å². The molecule has 13 heteroatoms. The Kier molecular flexibility index (Phi) is 5.64. The minimum absolute atomic E-state index is 0.00316. The number of sulfonamides is 1. The number of nitrogens with zero attached hydrogens (tertiary/aromatic N) is 3. The second-order valence-electron chi connectivity index (χ2n) is 8.51. The number of aryl methyl sites for hydroxylation is 1. The van der Waals surface area contributed by atoms with Crippen molar-refractivity contribution in [1.29, 1.82) is 0 Å². The van der Waals surface area contributed by atoms with E-state index in [1.54, 1.807) is 31.2 Å². The van der Waals surface area contributed by atoms with E-state index in [0.717, 1.165) is 29.8 Å². The largest absolute Gasteiger partial charge is 0.280 e. The number of carbonyl (C=O) groups is 2. The minimum Gasteiger partial charge on any atom is -0.280 e. The first-order valence-electron chi connectivity index (χ1n) is 11.0. The van der Waals surface area contributed by atoms with Crippen molar-refractivity contribution in [3.63, 3.8) is 0 Å². The number of nitro benzene ring substituents is 2. The Morgan fingerprint density at radius 1 is 0.789 bits per heavy atom. The third-order valence-electron chi connectivity index (χ3n) is 5.98. The highest BCUT2D eigenvalue weighted by Crippen LogP contribution is 2.38. The van der Waals surface area contributed by atoms with E-state index in [1.807, 2.05) is 0 Å². The third kappa shape index (κ3) is 4.10. The first kappa shape index (κ1) is 24.5. The number of benzene rings is 4. The van der Waals surface area contributed by atoms with Gasteiger partial charge in [-0.25, -0.2) is 13.3 Å². The summed E-state index contributed by atoms with van der Waals surface area (Å²) in [6.07, 6.45) is 0. The molecule has 0 atom stereocenters. The summed E-state index contributed by atoms with van der Waals surface area (Å²) in [5.41, 5.74) is -0.156. The van der Waals surface area contributed by atoms with Gasteiger partial charge in [-0.05, 0) is 54.3 Å². The number of carbonyl (C=O) groups excluding carboxylic acids is 2. The SMILES string of the molecule is Cc1cccc(NS(=O)(=O)c2ccc(N3C(=O)c4cc([N+](=O)[O-])cc5cc([N+](=O)[O-])cc(c45)C3=O)cc2)c1. The summed E-state index contributed by atoms with van der Waals surface area (Å²) >= 11 is 0. The maximum absolute atomic E-state index is 13.4. The van der Waals surface area contributed by atoms with Crippen molar-refractivity contribution < 1.29 is 27.9 Å². The maximum atomic E-state index is 13.4. The Morgan fingerprint density at radius 2 is 1.34 bits per heavy atom. The normalized spacial score (nSPS) is 13.0. The van der Waals surface area contributed by atoms with Crippen LogP contribution in [0.1, 0.15) is 26.3 Å². The number of hydrogen-bond donors (Lipinski definition) is 1. The summed E-state index contributed by atoms with van der Waals surface area (Å²) in [6, 6.07) is 15.7. The molecule has 4 aromatic carbocycles. The van der Waals surface area contributed by atoms with Crippen LogP contribution in [0.5, 0.6) is 0 Å². The quantitative estimate of drug-likeness (QED) is 0.214. The fourth-order valence-electron chi connectivity index (χ4n) is 4.30. The number of nitro groups is 2. The summed E-state index contributed by atoms with van der Waals surface area (Å²) in [7, 11) is -4.00. The molecule has 0 saturated carbocycles. The number of anilines is 2. The molecule has 0 bridgehead atoms. The maximum Gasteiger partial charge on any atom is 0.270 e. The smallest absolute Gasteiger partial charge is 0.270 e. The molecule has 1 heterocycles. The summed E-state index contributed by atoms with van der Waals surface area (Å²) in [5.74, 6) is -1.78. The molecule has 0 fully saturated rings. The lowest BCUT2D eigenvalue weighted by atomic mass is 9.92. The molecule has 2 amide bonds. The van der Waals surface area contributed by atoms with Gasteiger partial charge in [-0.2, -0.15) is 0 Å². The Balaban J connectivity index is 1.57. The van der Waals surface area contributed by atoms with Gasteiger partial charge in [0.25, 0.3) is 33.2 Å². The molecule has 1 aliphatic rings. The van der Waals surface area contributed by atoms with Gasteiger partial charge in [-0.1, -0.05) is 12.1 Å². The van der Waals surface area contributed by atoms with E-state index in [2.05, 4.69) is 4.72 Å². The molecule has 0 spiro atoms. The van der Waals surface area contributed by atoms with Crippen LogP contribution in [0.2, 0.25) is 0 Å². The second-order valence-corrected chi connectivity index (χ2v) is 10.2. The van der Waals surface area contributed by atoms with Crippen molar-refractivity contribution in [1.82, 2.24) is 0 Å². The van der Waals surface area contributed by atoms with Crippen molar-refractivity contribution in [2.45, 2.75) is 11.8 Å². The van der Waals surface area contributed by atoms with Crippen LogP contribution < -0.4 is 9.62 Å². The number of amides is 2. The average Bonchev–Trinajstić information content (AvgIpc) is 2.86. The zero-order valence-corrected chi connectivity index (χ0v) is 20.3. The van der Waals surface area contributed by atoms with Crippen molar-refractivity contribution in [2.24, 2.45) is 0 Å². The molecular formula is C25H16N4O8S. The molecule has 0 unspecified atom stereocenters. The molecule has 1 N–H and O–H groups in total. The van der Waals surface area contributed by atoms with Crippen LogP contribution in [0, 0.1) is 27.2 Å². The predicted octanol–water partition coefficient (Wildman–Crippen LogP) is 4.57. The highest BCUT2D eigenvalue weighted by atomic mass is 32.2. The van der Waals surface area contributed by atoms with E-state index in [4.69, 9.17) is 0 Å². The molecule has 5 rings (SSSR count). The molecule has 0 saturated heterocycles. The van der Waals surface area contributed by atoms with Crippen LogP contribution in [0.4, 0.5) is 22.7 Å². The number of imide groups is 1. The first-order chi connectivity index (χ1) is 18.0. The van der Waals surface area contributed by atoms with E-state index in [9.17, 15) is 38.2 Å². The third-order valence-corrected chi connectivity index (χ3v) is 7.38. The first-order valence-corrected chi connectivity index (χ1v) is 12.4. The Bertz CT molecular complexity index is 1750. The summed E-state index contributed by atoms with van der Waals surface area (Å²) in [4.78, 5) is 48.7. The van der Waals surface area contributed by atoms with E-state index in [0.29, 0.717) is 10.6 Å². The number of hydrogen-bond acceptors (Lipinski definition) is 8. The van der Waals surface area contributed by atoms with Crippen molar-refractivity contribution >= 4 is 55.4 Å². The van der Waals surface area contributed by atoms with Gasteiger partial charge in [0.1, 0.15) is 0 Å². The van der Waals surface area contributed by atoms with Gasteiger partial charge in [0.15, 0.2) is 0 Å². The zero-order valence-electron chi connectivity index (χ0n) is 19.4. The molecule has 0 aliphatic carbocycles. The van der Waals surface area contributed by atoms with Gasteiger partial charge < -0.3 is 0 Å². The van der Waals surface area contributed by atoms with Crippen molar-refractivity contribution in [2.75, 3.05) is 9.62 Å². The predicted molar refractivity (Wildman–Crippen MR) is 137 cm³/mol. The topological polar surface area (TPSA) is 170 Å². The van der Waals surface area contributed by atoms with Gasteiger partial charge in [0, 0.05) is 35.3 Å². The lowest BCUT2D eigenvalue weighted by molar-refractivity contribution is -0.385. The molecule has 190 valence electrons. The van der Waals surface area contributed by atoms with Gasteiger partial charge in [0.05, 0.1) is 31.6 Å². The van der Waals surface area contributed by atoms with Crippen molar-refractivity contribution in [3.8, 4) is 0 Å². The summed E-state index contributed by atoms with van der Waals surface area (Å²) in [5, 5.41) is 23.0. The Morgan fingerprint density at radius 3 is 1.84 bits per heavy atom. The summed E-state index contributed by atoms with van der Waals surface area (Å²) < 4.78 is 28.1. The molecule has 1 aliphatic heterocycles. The number of non-ortho nitro benzene ring substituents is 2. The van der Waals surface area contributed by atoms with Gasteiger partial charge in [-0.3, -0.25) is 34.5 Å².